The maximum atomic E-state index is 12.4. The highest BCUT2D eigenvalue weighted by molar-refractivity contribution is 6.00. The van der Waals surface area contributed by atoms with Gasteiger partial charge in [0.15, 0.2) is 5.65 Å². The van der Waals surface area contributed by atoms with E-state index in [0.717, 1.165) is 5.56 Å². The minimum atomic E-state index is -0.753. The van der Waals surface area contributed by atoms with Crippen LogP contribution in [0.15, 0.2) is 76.5 Å². The Labute approximate surface area is 170 Å². The van der Waals surface area contributed by atoms with Gasteiger partial charge in [0.05, 0.1) is 18.4 Å². The summed E-state index contributed by atoms with van der Waals surface area (Å²) in [4.78, 5) is 36.9. The van der Waals surface area contributed by atoms with Crippen LogP contribution >= 0.6 is 0 Å². The molecule has 1 atom stereocenters. The fraction of sp³-hybridized carbons (Fsp3) is 0.143. The predicted octanol–water partition coefficient (Wildman–Crippen LogP) is 1.89. The number of benzene rings is 1. The molecule has 152 valence electrons. The quantitative estimate of drug-likeness (QED) is 0.509. The lowest BCUT2D eigenvalue weighted by Crippen LogP contribution is -2.41. The van der Waals surface area contributed by atoms with Gasteiger partial charge in [0.25, 0.3) is 5.91 Å². The van der Waals surface area contributed by atoms with Crippen molar-refractivity contribution in [3.63, 3.8) is 0 Å². The fourth-order valence-corrected chi connectivity index (χ4v) is 2.98. The number of anilines is 1. The van der Waals surface area contributed by atoms with Crippen molar-refractivity contribution in [3.8, 4) is 0 Å². The van der Waals surface area contributed by atoms with Gasteiger partial charge < -0.3 is 15.1 Å². The summed E-state index contributed by atoms with van der Waals surface area (Å²) in [5.74, 6) is -0.764. The van der Waals surface area contributed by atoms with Crippen molar-refractivity contribution in [2.75, 3.05) is 5.32 Å². The standard InChI is InChI=1S/C21H19N5O4/c1-14(22-20(28)16-8-10-30-13-16)19(27)23-17-6-4-5-15(11-17)12-26-21(29)25-9-3-2-7-18(25)24-26/h2-11,13-14H,12H2,1H3,(H,22,28)(H,23,27)/t14-/m1/s1. The van der Waals surface area contributed by atoms with Crippen LogP contribution in [-0.4, -0.2) is 32.0 Å². The van der Waals surface area contributed by atoms with Crippen LogP contribution in [0.5, 0.6) is 0 Å². The number of fused-ring (bicyclic) bond motifs is 1. The third-order valence-corrected chi connectivity index (χ3v) is 4.54. The van der Waals surface area contributed by atoms with E-state index in [1.807, 2.05) is 12.1 Å². The zero-order valence-corrected chi connectivity index (χ0v) is 16.1. The highest BCUT2D eigenvalue weighted by Crippen LogP contribution is 2.12. The molecule has 0 aliphatic carbocycles. The molecule has 30 heavy (non-hydrogen) atoms. The van der Waals surface area contributed by atoms with E-state index in [-0.39, 0.29) is 18.1 Å². The summed E-state index contributed by atoms with van der Waals surface area (Å²) in [6, 6.07) is 13.2. The first-order valence-electron chi connectivity index (χ1n) is 9.28. The van der Waals surface area contributed by atoms with Crippen LogP contribution in [0.1, 0.15) is 22.8 Å². The normalized spacial score (nSPS) is 11.9. The second-order valence-electron chi connectivity index (χ2n) is 6.77. The summed E-state index contributed by atoms with van der Waals surface area (Å²) in [5.41, 5.74) is 2.02. The number of carbonyl (C=O) groups excluding carboxylic acids is 2. The van der Waals surface area contributed by atoms with Gasteiger partial charge in [-0.05, 0) is 42.8 Å². The maximum Gasteiger partial charge on any atom is 0.350 e. The van der Waals surface area contributed by atoms with E-state index in [1.54, 1.807) is 43.5 Å². The van der Waals surface area contributed by atoms with E-state index in [2.05, 4.69) is 15.7 Å². The molecule has 2 amide bonds. The van der Waals surface area contributed by atoms with Gasteiger partial charge in [-0.15, -0.1) is 5.10 Å². The molecule has 0 saturated heterocycles. The monoisotopic (exact) mass is 405 g/mol. The summed E-state index contributed by atoms with van der Waals surface area (Å²) in [6.45, 7) is 1.85. The number of carbonyl (C=O) groups is 2. The van der Waals surface area contributed by atoms with Gasteiger partial charge in [0, 0.05) is 11.9 Å². The number of nitrogens with zero attached hydrogens (tertiary/aromatic N) is 3. The molecule has 4 aromatic rings. The van der Waals surface area contributed by atoms with Gasteiger partial charge in [-0.1, -0.05) is 18.2 Å². The van der Waals surface area contributed by atoms with E-state index in [0.29, 0.717) is 16.9 Å². The lowest BCUT2D eigenvalue weighted by Gasteiger charge is -2.14. The van der Waals surface area contributed by atoms with Crippen molar-refractivity contribution in [2.24, 2.45) is 0 Å². The number of hydrogen-bond donors (Lipinski definition) is 2. The molecule has 9 heteroatoms. The van der Waals surface area contributed by atoms with Crippen molar-refractivity contribution in [1.82, 2.24) is 19.5 Å². The highest BCUT2D eigenvalue weighted by Gasteiger charge is 2.17. The van der Waals surface area contributed by atoms with Crippen LogP contribution in [0.4, 0.5) is 5.69 Å². The first kappa shape index (κ1) is 19.2. The third-order valence-electron chi connectivity index (χ3n) is 4.54. The average Bonchev–Trinajstić information content (AvgIpc) is 3.38. The second kappa shape index (κ2) is 8.08. The molecular weight excluding hydrogens is 386 g/mol. The largest absolute Gasteiger partial charge is 0.472 e. The van der Waals surface area contributed by atoms with E-state index < -0.39 is 11.9 Å². The Balaban J connectivity index is 1.44. The molecule has 3 heterocycles. The van der Waals surface area contributed by atoms with Crippen LogP contribution < -0.4 is 16.3 Å². The molecule has 3 aromatic heterocycles. The molecule has 9 nitrogen and oxygen atoms in total. The predicted molar refractivity (Wildman–Crippen MR) is 109 cm³/mol. The summed E-state index contributed by atoms with van der Waals surface area (Å²) in [5, 5.41) is 9.69. The van der Waals surface area contributed by atoms with Gasteiger partial charge in [-0.3, -0.25) is 14.0 Å². The van der Waals surface area contributed by atoms with Crippen molar-refractivity contribution in [2.45, 2.75) is 19.5 Å². The molecule has 1 aromatic carbocycles. The Morgan fingerprint density at radius 2 is 2.03 bits per heavy atom. The molecule has 2 N–H and O–H groups in total. The smallest absolute Gasteiger partial charge is 0.350 e. The lowest BCUT2D eigenvalue weighted by molar-refractivity contribution is -0.117. The average molecular weight is 405 g/mol. The van der Waals surface area contributed by atoms with Gasteiger partial charge >= 0.3 is 5.69 Å². The van der Waals surface area contributed by atoms with E-state index >= 15 is 0 Å². The van der Waals surface area contributed by atoms with Crippen molar-refractivity contribution >= 4 is 23.1 Å². The second-order valence-corrected chi connectivity index (χ2v) is 6.77. The number of nitrogens with one attached hydrogen (secondary N) is 2. The number of hydrogen-bond acceptors (Lipinski definition) is 5. The molecular formula is C21H19N5O4. The molecule has 0 spiro atoms. The van der Waals surface area contributed by atoms with Crippen LogP contribution in [0.3, 0.4) is 0 Å². The zero-order valence-electron chi connectivity index (χ0n) is 16.1. The molecule has 0 aliphatic heterocycles. The molecule has 0 fully saturated rings. The minimum absolute atomic E-state index is 0.240. The Bertz CT molecular complexity index is 1260. The molecule has 0 unspecified atom stereocenters. The number of furan rings is 1. The number of aromatic nitrogens is 3. The van der Waals surface area contributed by atoms with Gasteiger partial charge in [0.2, 0.25) is 5.91 Å². The fourth-order valence-electron chi connectivity index (χ4n) is 2.98. The number of rotatable bonds is 6. The highest BCUT2D eigenvalue weighted by atomic mass is 16.3. The lowest BCUT2D eigenvalue weighted by atomic mass is 10.2. The SMILES string of the molecule is C[C@@H](NC(=O)c1ccoc1)C(=O)Nc1cccc(Cn2nc3ccccn3c2=O)c1. The van der Waals surface area contributed by atoms with E-state index in [4.69, 9.17) is 4.42 Å². The number of amides is 2. The Kier molecular flexibility index (Phi) is 5.17. The minimum Gasteiger partial charge on any atom is -0.472 e. The Morgan fingerprint density at radius 1 is 1.17 bits per heavy atom. The van der Waals surface area contributed by atoms with Crippen molar-refractivity contribution in [3.05, 3.63) is 88.9 Å². The molecule has 0 aliphatic rings. The molecule has 4 rings (SSSR count). The summed E-state index contributed by atoms with van der Waals surface area (Å²) in [7, 11) is 0. The third kappa shape index (κ3) is 4.00. The first-order valence-corrected chi connectivity index (χ1v) is 9.28. The van der Waals surface area contributed by atoms with Crippen LogP contribution in [0.2, 0.25) is 0 Å². The van der Waals surface area contributed by atoms with E-state index in [1.165, 1.54) is 27.7 Å². The van der Waals surface area contributed by atoms with Crippen molar-refractivity contribution in [1.29, 1.82) is 0 Å². The maximum absolute atomic E-state index is 12.4. The molecule has 0 saturated carbocycles. The van der Waals surface area contributed by atoms with Crippen LogP contribution in [0.25, 0.3) is 5.65 Å². The molecule has 0 bridgehead atoms. The summed E-state index contributed by atoms with van der Waals surface area (Å²) < 4.78 is 7.70. The van der Waals surface area contributed by atoms with E-state index in [9.17, 15) is 14.4 Å². The Morgan fingerprint density at radius 3 is 2.80 bits per heavy atom. The summed E-state index contributed by atoms with van der Waals surface area (Å²) >= 11 is 0. The van der Waals surface area contributed by atoms with Crippen molar-refractivity contribution < 1.29 is 14.0 Å². The van der Waals surface area contributed by atoms with Gasteiger partial charge in [-0.25, -0.2) is 9.48 Å². The molecule has 0 radical (unpaired) electrons. The van der Waals surface area contributed by atoms with Crippen LogP contribution in [-0.2, 0) is 11.3 Å². The van der Waals surface area contributed by atoms with Gasteiger partial charge in [0.1, 0.15) is 12.3 Å². The number of pyridine rings is 1. The first-order chi connectivity index (χ1) is 14.5. The van der Waals surface area contributed by atoms with Gasteiger partial charge in [-0.2, -0.15) is 0 Å². The Hall–Kier alpha value is -4.14. The zero-order chi connectivity index (χ0) is 21.1. The summed E-state index contributed by atoms with van der Waals surface area (Å²) in [6.07, 6.45) is 4.36. The topological polar surface area (TPSA) is 111 Å². The van der Waals surface area contributed by atoms with Crippen LogP contribution in [0, 0.1) is 0 Å².